The lowest BCUT2D eigenvalue weighted by Gasteiger charge is -2.18. The van der Waals surface area contributed by atoms with Crippen LogP contribution in [0, 0.1) is 0 Å². The minimum Gasteiger partial charge on any atom is -0.508 e. The Bertz CT molecular complexity index is 644. The predicted octanol–water partition coefficient (Wildman–Crippen LogP) is 3.51. The van der Waals surface area contributed by atoms with Gasteiger partial charge in [0.1, 0.15) is 5.75 Å². The van der Waals surface area contributed by atoms with Crippen LogP contribution >= 0.6 is 11.8 Å². The topological polar surface area (TPSA) is 66.6 Å². The first-order valence-corrected chi connectivity index (χ1v) is 8.54. The lowest BCUT2D eigenvalue weighted by molar-refractivity contribution is -0.130. The van der Waals surface area contributed by atoms with Crippen molar-refractivity contribution in [3.8, 4) is 5.75 Å². The number of benzene rings is 2. The Hall–Kier alpha value is -2.14. The van der Waals surface area contributed by atoms with Crippen LogP contribution in [-0.2, 0) is 11.3 Å². The summed E-state index contributed by atoms with van der Waals surface area (Å²) in [6.07, 6.45) is 1.34. The van der Waals surface area contributed by atoms with Gasteiger partial charge in [-0.15, -0.1) is 11.8 Å². The molecule has 0 aliphatic rings. The van der Waals surface area contributed by atoms with Crippen molar-refractivity contribution in [3.63, 3.8) is 0 Å². The molecule has 0 aliphatic heterocycles. The molecular weight excluding hydrogens is 308 g/mol. The number of carbonyl (C=O) groups is 1. The Kier molecular flexibility index (Phi) is 6.35. The molecule has 0 unspecified atom stereocenters. The van der Waals surface area contributed by atoms with Gasteiger partial charge in [-0.1, -0.05) is 18.2 Å². The monoisotopic (exact) mass is 330 g/mol. The standard InChI is InChI=1S/C18H22N2O2S/c1-20(13-14-5-2-3-6-17(14)19)18(22)7-4-12-23-16-10-8-15(21)9-11-16/h2-3,5-6,8-11,21H,4,7,12-13,19H2,1H3. The Morgan fingerprint density at radius 2 is 1.87 bits per heavy atom. The summed E-state index contributed by atoms with van der Waals surface area (Å²) in [7, 11) is 1.81. The Balaban J connectivity index is 1.72. The molecule has 3 N–H and O–H groups in total. The minimum absolute atomic E-state index is 0.125. The fourth-order valence-electron chi connectivity index (χ4n) is 2.17. The maximum atomic E-state index is 12.2. The molecule has 0 heterocycles. The van der Waals surface area contributed by atoms with E-state index in [9.17, 15) is 9.90 Å². The quantitative estimate of drug-likeness (QED) is 0.463. The molecule has 23 heavy (non-hydrogen) atoms. The first-order valence-electron chi connectivity index (χ1n) is 7.55. The molecule has 0 bridgehead atoms. The molecule has 2 aromatic carbocycles. The maximum Gasteiger partial charge on any atom is 0.222 e. The van der Waals surface area contributed by atoms with Crippen molar-refractivity contribution < 1.29 is 9.90 Å². The number of nitrogen functional groups attached to an aromatic ring is 1. The molecule has 0 saturated heterocycles. The molecule has 0 atom stereocenters. The van der Waals surface area contributed by atoms with Gasteiger partial charge in [-0.25, -0.2) is 0 Å². The van der Waals surface area contributed by atoms with Gasteiger partial charge in [-0.2, -0.15) is 0 Å². The van der Waals surface area contributed by atoms with E-state index in [0.29, 0.717) is 13.0 Å². The van der Waals surface area contributed by atoms with Gasteiger partial charge in [0.15, 0.2) is 0 Å². The highest BCUT2D eigenvalue weighted by atomic mass is 32.2. The second-order valence-electron chi connectivity index (χ2n) is 5.39. The van der Waals surface area contributed by atoms with Crippen molar-refractivity contribution in [2.75, 3.05) is 18.5 Å². The third-order valence-corrected chi connectivity index (χ3v) is 4.63. The third kappa shape index (κ3) is 5.53. The van der Waals surface area contributed by atoms with Crippen LogP contribution in [0.2, 0.25) is 0 Å². The molecule has 2 aromatic rings. The molecule has 0 radical (unpaired) electrons. The number of hydrogen-bond acceptors (Lipinski definition) is 4. The molecule has 4 nitrogen and oxygen atoms in total. The van der Waals surface area contributed by atoms with E-state index in [2.05, 4.69) is 0 Å². The number of phenols is 1. The van der Waals surface area contributed by atoms with Crippen LogP contribution in [0.3, 0.4) is 0 Å². The zero-order chi connectivity index (χ0) is 16.7. The van der Waals surface area contributed by atoms with Gasteiger partial charge in [0.2, 0.25) is 5.91 Å². The number of amides is 1. The lowest BCUT2D eigenvalue weighted by Crippen LogP contribution is -2.26. The number of nitrogens with two attached hydrogens (primary N) is 1. The van der Waals surface area contributed by atoms with E-state index >= 15 is 0 Å². The van der Waals surface area contributed by atoms with Crippen LogP contribution < -0.4 is 5.73 Å². The van der Waals surface area contributed by atoms with E-state index in [1.807, 2.05) is 43.4 Å². The Labute approximate surface area is 141 Å². The van der Waals surface area contributed by atoms with Crippen LogP contribution in [0.5, 0.6) is 5.75 Å². The van der Waals surface area contributed by atoms with Gasteiger partial charge < -0.3 is 15.7 Å². The zero-order valence-corrected chi connectivity index (χ0v) is 14.1. The van der Waals surface area contributed by atoms with Crippen molar-refractivity contribution in [1.82, 2.24) is 4.90 Å². The van der Waals surface area contributed by atoms with Gasteiger partial charge in [-0.05, 0) is 48.1 Å². The number of rotatable bonds is 7. The first kappa shape index (κ1) is 17.2. The molecule has 1 amide bonds. The van der Waals surface area contributed by atoms with Crippen LogP contribution in [-0.4, -0.2) is 28.7 Å². The van der Waals surface area contributed by atoms with Crippen molar-refractivity contribution >= 4 is 23.4 Å². The van der Waals surface area contributed by atoms with Crippen molar-refractivity contribution in [2.45, 2.75) is 24.3 Å². The zero-order valence-electron chi connectivity index (χ0n) is 13.2. The number of anilines is 1. The fourth-order valence-corrected chi connectivity index (χ4v) is 3.02. The number of para-hydroxylation sites is 1. The fraction of sp³-hybridized carbons (Fsp3) is 0.278. The minimum atomic E-state index is 0.125. The van der Waals surface area contributed by atoms with Crippen LogP contribution in [0.15, 0.2) is 53.4 Å². The highest BCUT2D eigenvalue weighted by Gasteiger charge is 2.10. The second kappa shape index (κ2) is 8.48. The average Bonchev–Trinajstić information content (AvgIpc) is 2.55. The summed E-state index contributed by atoms with van der Waals surface area (Å²) in [4.78, 5) is 15.0. The maximum absolute atomic E-state index is 12.2. The van der Waals surface area contributed by atoms with Crippen LogP contribution in [0.4, 0.5) is 5.69 Å². The average molecular weight is 330 g/mol. The smallest absolute Gasteiger partial charge is 0.222 e. The Morgan fingerprint density at radius 1 is 1.17 bits per heavy atom. The van der Waals surface area contributed by atoms with E-state index in [1.165, 1.54) is 0 Å². The van der Waals surface area contributed by atoms with E-state index in [-0.39, 0.29) is 11.7 Å². The van der Waals surface area contributed by atoms with E-state index in [1.54, 1.807) is 28.8 Å². The van der Waals surface area contributed by atoms with Gasteiger partial charge in [-0.3, -0.25) is 4.79 Å². The van der Waals surface area contributed by atoms with Crippen LogP contribution in [0.25, 0.3) is 0 Å². The number of carbonyl (C=O) groups excluding carboxylic acids is 1. The highest BCUT2D eigenvalue weighted by molar-refractivity contribution is 7.99. The molecule has 0 aliphatic carbocycles. The van der Waals surface area contributed by atoms with Gasteiger partial charge in [0.25, 0.3) is 0 Å². The number of nitrogens with zero attached hydrogens (tertiary/aromatic N) is 1. The normalized spacial score (nSPS) is 10.5. The van der Waals surface area contributed by atoms with E-state index < -0.39 is 0 Å². The molecule has 5 heteroatoms. The first-order chi connectivity index (χ1) is 11.1. The number of phenolic OH excluding ortho intramolecular Hbond substituents is 1. The van der Waals surface area contributed by atoms with Gasteiger partial charge in [0.05, 0.1) is 0 Å². The molecule has 122 valence electrons. The Morgan fingerprint density at radius 3 is 2.57 bits per heavy atom. The molecular formula is C18H22N2O2S. The summed E-state index contributed by atoms with van der Waals surface area (Å²) >= 11 is 1.69. The summed E-state index contributed by atoms with van der Waals surface area (Å²) in [5.74, 6) is 1.27. The van der Waals surface area contributed by atoms with Crippen molar-refractivity contribution in [3.05, 3.63) is 54.1 Å². The number of thioether (sulfide) groups is 1. The lowest BCUT2D eigenvalue weighted by atomic mass is 10.1. The highest BCUT2D eigenvalue weighted by Crippen LogP contribution is 2.22. The summed E-state index contributed by atoms with van der Waals surface area (Å²) in [5.41, 5.74) is 7.60. The molecule has 0 spiro atoms. The van der Waals surface area contributed by atoms with E-state index in [0.717, 1.165) is 28.3 Å². The summed E-state index contributed by atoms with van der Waals surface area (Å²) < 4.78 is 0. The predicted molar refractivity (Wildman–Crippen MR) is 95.4 cm³/mol. The van der Waals surface area contributed by atoms with Gasteiger partial charge >= 0.3 is 0 Å². The largest absolute Gasteiger partial charge is 0.508 e. The summed E-state index contributed by atoms with van der Waals surface area (Å²) in [6.45, 7) is 0.538. The second-order valence-corrected chi connectivity index (χ2v) is 6.56. The van der Waals surface area contributed by atoms with Gasteiger partial charge in [0, 0.05) is 30.6 Å². The summed E-state index contributed by atoms with van der Waals surface area (Å²) in [5, 5.41) is 9.23. The third-order valence-electron chi connectivity index (χ3n) is 3.53. The van der Waals surface area contributed by atoms with E-state index in [4.69, 9.17) is 5.73 Å². The summed E-state index contributed by atoms with van der Waals surface area (Å²) in [6, 6.07) is 14.7. The SMILES string of the molecule is CN(Cc1ccccc1N)C(=O)CCCSc1ccc(O)cc1. The van der Waals surface area contributed by atoms with Crippen LogP contribution in [0.1, 0.15) is 18.4 Å². The number of aromatic hydroxyl groups is 1. The number of hydrogen-bond donors (Lipinski definition) is 2. The molecule has 0 saturated carbocycles. The van der Waals surface area contributed by atoms with Crippen molar-refractivity contribution in [1.29, 1.82) is 0 Å². The molecule has 0 aromatic heterocycles. The molecule has 0 fully saturated rings. The molecule has 2 rings (SSSR count). The van der Waals surface area contributed by atoms with Crippen molar-refractivity contribution in [2.24, 2.45) is 0 Å².